The Kier molecular flexibility index (Phi) is 5.49. The summed E-state index contributed by atoms with van der Waals surface area (Å²) >= 11 is 5.89. The molecule has 0 aromatic heterocycles. The predicted molar refractivity (Wildman–Crippen MR) is 105 cm³/mol. The second-order valence-electron chi connectivity index (χ2n) is 6.80. The van der Waals surface area contributed by atoms with Gasteiger partial charge in [-0.15, -0.1) is 0 Å². The maximum absolute atomic E-state index is 12.5. The molecular formula is C20H24ClN3O. The maximum atomic E-state index is 12.5. The van der Waals surface area contributed by atoms with Crippen LogP contribution in [0.1, 0.15) is 25.3 Å². The van der Waals surface area contributed by atoms with Crippen LogP contribution in [0.4, 0.5) is 17.1 Å². The molecule has 0 spiro atoms. The Bertz CT molecular complexity index is 737. The third-order valence-corrected chi connectivity index (χ3v) is 4.95. The Balaban J connectivity index is 1.73. The summed E-state index contributed by atoms with van der Waals surface area (Å²) in [5.74, 6) is 0.701. The van der Waals surface area contributed by atoms with Gasteiger partial charge in [-0.25, -0.2) is 0 Å². The molecule has 0 saturated carbocycles. The van der Waals surface area contributed by atoms with Crippen molar-refractivity contribution >= 4 is 34.6 Å². The Hall–Kier alpha value is -2.20. The van der Waals surface area contributed by atoms with Crippen molar-refractivity contribution in [3.05, 3.63) is 53.1 Å². The third-order valence-electron chi connectivity index (χ3n) is 4.70. The lowest BCUT2D eigenvalue weighted by atomic mass is 9.98. The zero-order chi connectivity index (χ0) is 17.8. The lowest BCUT2D eigenvalue weighted by Gasteiger charge is -2.33. The Morgan fingerprint density at radius 1 is 1.20 bits per heavy atom. The molecule has 0 unspecified atom stereocenters. The molecule has 25 heavy (non-hydrogen) atoms. The number of carbonyl (C=O) groups is 1. The fourth-order valence-electron chi connectivity index (χ4n) is 3.16. The highest BCUT2D eigenvalue weighted by Crippen LogP contribution is 2.31. The molecular weight excluding hydrogens is 334 g/mol. The average molecular weight is 358 g/mol. The lowest BCUT2D eigenvalue weighted by Crippen LogP contribution is -2.33. The SMILES string of the molecule is CC1CCN(c2ccc(N)cc2NC(=O)Cc2ccc(Cl)cc2)CC1. The molecule has 2 aromatic carbocycles. The third kappa shape index (κ3) is 4.67. The Labute approximate surface area is 154 Å². The van der Waals surface area contributed by atoms with Crippen molar-refractivity contribution in [2.24, 2.45) is 5.92 Å². The highest BCUT2D eigenvalue weighted by atomic mass is 35.5. The molecule has 1 heterocycles. The first-order chi connectivity index (χ1) is 12.0. The summed E-state index contributed by atoms with van der Waals surface area (Å²) in [7, 11) is 0. The number of nitrogens with one attached hydrogen (secondary N) is 1. The van der Waals surface area contributed by atoms with Gasteiger partial charge in [-0.1, -0.05) is 30.7 Å². The topological polar surface area (TPSA) is 58.4 Å². The van der Waals surface area contributed by atoms with Gasteiger partial charge in [-0.2, -0.15) is 0 Å². The number of amides is 1. The first-order valence-electron chi connectivity index (χ1n) is 8.70. The molecule has 0 bridgehead atoms. The number of hydrogen-bond donors (Lipinski definition) is 2. The number of hydrogen-bond acceptors (Lipinski definition) is 3. The molecule has 4 nitrogen and oxygen atoms in total. The molecule has 1 fully saturated rings. The van der Waals surface area contributed by atoms with Gasteiger partial charge in [-0.05, 0) is 54.7 Å². The van der Waals surface area contributed by atoms with Gasteiger partial charge in [-0.3, -0.25) is 4.79 Å². The van der Waals surface area contributed by atoms with E-state index in [1.165, 1.54) is 12.8 Å². The summed E-state index contributed by atoms with van der Waals surface area (Å²) < 4.78 is 0. The van der Waals surface area contributed by atoms with Crippen LogP contribution in [0.3, 0.4) is 0 Å². The molecule has 3 rings (SSSR count). The zero-order valence-corrected chi connectivity index (χ0v) is 15.2. The number of rotatable bonds is 4. The average Bonchev–Trinajstić information content (AvgIpc) is 2.58. The summed E-state index contributed by atoms with van der Waals surface area (Å²) in [6.07, 6.45) is 2.65. The summed E-state index contributed by atoms with van der Waals surface area (Å²) in [4.78, 5) is 14.8. The van der Waals surface area contributed by atoms with Gasteiger partial charge in [0, 0.05) is 23.8 Å². The minimum Gasteiger partial charge on any atom is -0.399 e. The normalized spacial score (nSPS) is 15.2. The van der Waals surface area contributed by atoms with Crippen molar-refractivity contribution < 1.29 is 4.79 Å². The van der Waals surface area contributed by atoms with E-state index in [-0.39, 0.29) is 5.91 Å². The van der Waals surface area contributed by atoms with E-state index >= 15 is 0 Å². The second kappa shape index (κ2) is 7.79. The molecule has 5 heteroatoms. The number of carbonyl (C=O) groups excluding carboxylic acids is 1. The number of nitrogen functional groups attached to an aromatic ring is 1. The van der Waals surface area contributed by atoms with Crippen molar-refractivity contribution in [1.82, 2.24) is 0 Å². The molecule has 1 saturated heterocycles. The number of nitrogens with zero attached hydrogens (tertiary/aromatic N) is 1. The van der Waals surface area contributed by atoms with Gasteiger partial charge in [0.1, 0.15) is 0 Å². The molecule has 132 valence electrons. The fraction of sp³-hybridized carbons (Fsp3) is 0.350. The van der Waals surface area contributed by atoms with Crippen LogP contribution in [0.15, 0.2) is 42.5 Å². The monoisotopic (exact) mass is 357 g/mol. The maximum Gasteiger partial charge on any atom is 0.228 e. The van der Waals surface area contributed by atoms with E-state index in [0.717, 1.165) is 35.9 Å². The lowest BCUT2D eigenvalue weighted by molar-refractivity contribution is -0.115. The van der Waals surface area contributed by atoms with E-state index in [4.69, 9.17) is 17.3 Å². The van der Waals surface area contributed by atoms with Crippen LogP contribution in [0.25, 0.3) is 0 Å². The van der Waals surface area contributed by atoms with Crippen molar-refractivity contribution in [2.75, 3.05) is 29.0 Å². The zero-order valence-electron chi connectivity index (χ0n) is 14.5. The standard InChI is InChI=1S/C20H24ClN3O/c1-14-8-10-24(11-9-14)19-7-6-17(22)13-18(19)23-20(25)12-15-2-4-16(21)5-3-15/h2-7,13-14H,8-12,22H2,1H3,(H,23,25). The largest absolute Gasteiger partial charge is 0.399 e. The van der Waals surface area contributed by atoms with E-state index in [2.05, 4.69) is 17.1 Å². The molecule has 1 aliphatic rings. The quantitative estimate of drug-likeness (QED) is 0.800. The van der Waals surface area contributed by atoms with Crippen LogP contribution < -0.4 is 16.0 Å². The highest BCUT2D eigenvalue weighted by Gasteiger charge is 2.19. The molecule has 2 aromatic rings. The summed E-state index contributed by atoms with van der Waals surface area (Å²) in [6, 6.07) is 13.1. The molecule has 3 N–H and O–H groups in total. The molecule has 0 aliphatic carbocycles. The van der Waals surface area contributed by atoms with Gasteiger partial charge >= 0.3 is 0 Å². The molecule has 0 atom stereocenters. The minimum atomic E-state index is -0.0560. The van der Waals surface area contributed by atoms with Gasteiger partial charge in [0.2, 0.25) is 5.91 Å². The fourth-order valence-corrected chi connectivity index (χ4v) is 3.29. The van der Waals surface area contributed by atoms with E-state index < -0.39 is 0 Å². The van der Waals surface area contributed by atoms with Crippen LogP contribution >= 0.6 is 11.6 Å². The van der Waals surface area contributed by atoms with Gasteiger partial charge in [0.25, 0.3) is 0 Å². The van der Waals surface area contributed by atoms with Crippen LogP contribution in [-0.4, -0.2) is 19.0 Å². The van der Waals surface area contributed by atoms with E-state index in [1.807, 2.05) is 30.3 Å². The molecule has 1 amide bonds. The van der Waals surface area contributed by atoms with Gasteiger partial charge < -0.3 is 16.0 Å². The number of nitrogens with two attached hydrogens (primary N) is 1. The van der Waals surface area contributed by atoms with Crippen molar-refractivity contribution in [3.63, 3.8) is 0 Å². The summed E-state index contributed by atoms with van der Waals surface area (Å²) in [6.45, 7) is 4.30. The first kappa shape index (κ1) is 17.6. The summed E-state index contributed by atoms with van der Waals surface area (Å²) in [5.41, 5.74) is 9.35. The van der Waals surface area contributed by atoms with E-state index in [0.29, 0.717) is 17.1 Å². The highest BCUT2D eigenvalue weighted by molar-refractivity contribution is 6.30. The van der Waals surface area contributed by atoms with Crippen molar-refractivity contribution in [3.8, 4) is 0 Å². The number of piperidine rings is 1. The first-order valence-corrected chi connectivity index (χ1v) is 9.08. The van der Waals surface area contributed by atoms with Crippen molar-refractivity contribution in [1.29, 1.82) is 0 Å². The van der Waals surface area contributed by atoms with Crippen LogP contribution in [0.2, 0.25) is 5.02 Å². The van der Waals surface area contributed by atoms with E-state index in [1.54, 1.807) is 12.1 Å². The number of anilines is 3. The van der Waals surface area contributed by atoms with Crippen LogP contribution in [0, 0.1) is 5.92 Å². The van der Waals surface area contributed by atoms with E-state index in [9.17, 15) is 4.79 Å². The van der Waals surface area contributed by atoms with Crippen LogP contribution in [-0.2, 0) is 11.2 Å². The minimum absolute atomic E-state index is 0.0560. The molecule has 0 radical (unpaired) electrons. The number of benzene rings is 2. The van der Waals surface area contributed by atoms with Gasteiger partial charge in [0.15, 0.2) is 0 Å². The van der Waals surface area contributed by atoms with Crippen molar-refractivity contribution in [2.45, 2.75) is 26.2 Å². The van der Waals surface area contributed by atoms with Crippen LogP contribution in [0.5, 0.6) is 0 Å². The Morgan fingerprint density at radius 3 is 2.56 bits per heavy atom. The summed E-state index contributed by atoms with van der Waals surface area (Å²) in [5, 5.41) is 3.70. The number of halogens is 1. The predicted octanol–water partition coefficient (Wildman–Crippen LogP) is 4.34. The van der Waals surface area contributed by atoms with Gasteiger partial charge in [0.05, 0.1) is 17.8 Å². The molecule has 1 aliphatic heterocycles. The smallest absolute Gasteiger partial charge is 0.228 e. The Morgan fingerprint density at radius 2 is 1.88 bits per heavy atom. The second-order valence-corrected chi connectivity index (χ2v) is 7.23.